The lowest BCUT2D eigenvalue weighted by molar-refractivity contribution is 0.555. The van der Waals surface area contributed by atoms with Gasteiger partial charge in [-0.3, -0.25) is 0 Å². The Morgan fingerprint density at radius 2 is 0.878 bits per heavy atom. The van der Waals surface area contributed by atoms with Crippen LogP contribution in [-0.4, -0.2) is 19.1 Å². The zero-order valence-electron chi connectivity index (χ0n) is 25.5. The highest BCUT2D eigenvalue weighted by molar-refractivity contribution is 5.82. The fourth-order valence-corrected chi connectivity index (χ4v) is 5.48. The van der Waals surface area contributed by atoms with Crippen molar-refractivity contribution in [2.24, 2.45) is 0 Å². The van der Waals surface area contributed by atoms with E-state index in [1.807, 2.05) is 0 Å². The predicted octanol–water partition coefficient (Wildman–Crippen LogP) is 9.29. The maximum absolute atomic E-state index is 5.34. The third-order valence-electron chi connectivity index (χ3n) is 8.33. The van der Waals surface area contributed by atoms with E-state index in [-0.39, 0.29) is 10.8 Å². The van der Waals surface area contributed by atoms with Crippen LogP contribution in [0.3, 0.4) is 0 Å². The van der Waals surface area contributed by atoms with E-state index >= 15 is 0 Å². The summed E-state index contributed by atoms with van der Waals surface area (Å²) >= 11 is 0. The fourth-order valence-electron chi connectivity index (χ4n) is 5.48. The minimum absolute atomic E-state index is 0.0403. The van der Waals surface area contributed by atoms with Crippen molar-refractivity contribution in [2.75, 3.05) is 0 Å². The number of hydrogen-bond acceptors (Lipinski definition) is 2. The normalized spacial score (nSPS) is 12.9. The van der Waals surface area contributed by atoms with Gasteiger partial charge in [0, 0.05) is 17.8 Å². The molecule has 0 aliphatic heterocycles. The topological polar surface area (TPSA) is 35.6 Å². The second kappa shape index (κ2) is 9.44. The van der Waals surface area contributed by atoms with Crippen LogP contribution in [0.25, 0.3) is 33.4 Å². The van der Waals surface area contributed by atoms with Gasteiger partial charge in [0.1, 0.15) is 11.6 Å². The Morgan fingerprint density at radius 1 is 0.488 bits per heavy atom. The van der Waals surface area contributed by atoms with E-state index in [9.17, 15) is 0 Å². The summed E-state index contributed by atoms with van der Waals surface area (Å²) in [4.78, 5) is 10.7. The second-order valence-electron chi connectivity index (χ2n) is 13.8. The molecule has 4 heterocycles. The van der Waals surface area contributed by atoms with Gasteiger partial charge in [-0.25, -0.2) is 9.97 Å². The molecule has 0 radical (unpaired) electrons. The zero-order valence-corrected chi connectivity index (χ0v) is 25.5. The third-order valence-corrected chi connectivity index (χ3v) is 8.33. The van der Waals surface area contributed by atoms with E-state index in [4.69, 9.17) is 9.97 Å². The number of aromatic nitrogens is 4. The molecule has 6 aromatic rings. The Kier molecular flexibility index (Phi) is 6.22. The highest BCUT2D eigenvalue weighted by atomic mass is 15.1. The van der Waals surface area contributed by atoms with Crippen molar-refractivity contribution in [3.05, 3.63) is 120 Å². The predicted molar refractivity (Wildman–Crippen MR) is 172 cm³/mol. The Labute approximate surface area is 243 Å². The molecule has 4 nitrogen and oxygen atoms in total. The van der Waals surface area contributed by atoms with Gasteiger partial charge in [-0.05, 0) is 95.1 Å². The average molecular weight is 541 g/mol. The molecule has 0 atom stereocenters. The molecule has 0 amide bonds. The molecular formula is C37H40N4. The highest BCUT2D eigenvalue weighted by Gasteiger charge is 2.31. The van der Waals surface area contributed by atoms with Crippen molar-refractivity contribution < 1.29 is 0 Å². The first kappa shape index (κ1) is 27.0. The summed E-state index contributed by atoms with van der Waals surface area (Å²) in [6, 6.07) is 30.3. The molecule has 0 saturated heterocycles. The molecule has 2 aromatic carbocycles. The lowest BCUT2D eigenvalue weighted by Gasteiger charge is -2.30. The lowest BCUT2D eigenvalue weighted by Crippen LogP contribution is -2.26. The highest BCUT2D eigenvalue weighted by Crippen LogP contribution is 2.37. The summed E-state index contributed by atoms with van der Waals surface area (Å²) in [5.41, 5.74) is 6.33. The average Bonchev–Trinajstić information content (AvgIpc) is 3.56. The number of hydrogen-bond donors (Lipinski definition) is 0. The molecule has 0 saturated carbocycles. The molecule has 0 aliphatic carbocycles. The third kappa shape index (κ3) is 4.86. The number of pyridine rings is 2. The Bertz CT molecular complexity index is 1750. The smallest absolute Gasteiger partial charge is 0.137 e. The summed E-state index contributed by atoms with van der Waals surface area (Å²) in [6.07, 6.45) is 4.26. The number of fused-ring (bicyclic) bond motifs is 2. The molecule has 4 aromatic heterocycles. The molecule has 0 fully saturated rings. The van der Waals surface area contributed by atoms with E-state index < -0.39 is 5.41 Å². The summed E-state index contributed by atoms with van der Waals surface area (Å²) in [5, 5.41) is 2.42. The summed E-state index contributed by atoms with van der Waals surface area (Å²) < 4.78 is 4.42. The van der Waals surface area contributed by atoms with Crippen LogP contribution in [0.15, 0.2) is 97.3 Å². The monoisotopic (exact) mass is 540 g/mol. The first-order valence-electron chi connectivity index (χ1n) is 14.5. The van der Waals surface area contributed by atoms with Crippen LogP contribution in [-0.2, 0) is 16.2 Å². The van der Waals surface area contributed by atoms with Crippen molar-refractivity contribution in [2.45, 2.75) is 71.6 Å². The molecule has 0 N–H and O–H groups in total. The SMILES string of the molecule is CC(C)(C)c1cc(-n2ccc3ccccc32)nc(C(C)(C)c2cc(C(C)(C)C)cc(-n3ccc4ccccc43)n2)c1. The van der Waals surface area contributed by atoms with Gasteiger partial charge in [-0.1, -0.05) is 77.9 Å². The van der Waals surface area contributed by atoms with Crippen molar-refractivity contribution >= 4 is 21.8 Å². The molecule has 4 heteroatoms. The van der Waals surface area contributed by atoms with E-state index in [1.54, 1.807) is 0 Å². The van der Waals surface area contributed by atoms with Crippen LogP contribution >= 0.6 is 0 Å². The molecule has 6 rings (SSSR count). The molecule has 208 valence electrons. The van der Waals surface area contributed by atoms with Gasteiger partial charge >= 0.3 is 0 Å². The van der Waals surface area contributed by atoms with E-state index in [0.29, 0.717) is 0 Å². The standard InChI is InChI=1S/C37H40N4/c1-35(2,3)27-21-31(38-33(23-27)40-19-17-25-13-9-11-15-29(25)40)37(7,8)32-22-28(36(4,5)6)24-34(39-32)41-20-18-26-14-10-12-16-30(26)41/h9-24H,1-8H3. The van der Waals surface area contributed by atoms with Crippen molar-refractivity contribution in [1.29, 1.82) is 0 Å². The molecule has 0 unspecified atom stereocenters. The van der Waals surface area contributed by atoms with Crippen LogP contribution < -0.4 is 0 Å². The van der Waals surface area contributed by atoms with Crippen LogP contribution in [0, 0.1) is 0 Å². The van der Waals surface area contributed by atoms with Gasteiger partial charge in [0.15, 0.2) is 0 Å². The van der Waals surface area contributed by atoms with Gasteiger partial charge in [-0.15, -0.1) is 0 Å². The molecular weight excluding hydrogens is 500 g/mol. The minimum atomic E-state index is -0.446. The van der Waals surface area contributed by atoms with Crippen LogP contribution in [0.1, 0.15) is 77.9 Å². The molecule has 0 bridgehead atoms. The molecule has 41 heavy (non-hydrogen) atoms. The van der Waals surface area contributed by atoms with Crippen molar-refractivity contribution in [3.63, 3.8) is 0 Å². The summed E-state index contributed by atoms with van der Waals surface area (Å²) in [7, 11) is 0. The Morgan fingerprint density at radius 3 is 1.27 bits per heavy atom. The van der Waals surface area contributed by atoms with E-state index in [1.165, 1.54) is 21.9 Å². The Balaban J connectivity index is 1.57. The minimum Gasteiger partial charge on any atom is -0.301 e. The summed E-state index contributed by atoms with van der Waals surface area (Å²) in [6.45, 7) is 18.1. The summed E-state index contributed by atoms with van der Waals surface area (Å²) in [5.74, 6) is 1.87. The van der Waals surface area contributed by atoms with Crippen molar-refractivity contribution in [3.8, 4) is 11.6 Å². The van der Waals surface area contributed by atoms with Crippen LogP contribution in [0.5, 0.6) is 0 Å². The largest absolute Gasteiger partial charge is 0.301 e. The zero-order chi connectivity index (χ0) is 29.2. The first-order valence-corrected chi connectivity index (χ1v) is 14.5. The van der Waals surface area contributed by atoms with Gasteiger partial charge < -0.3 is 9.13 Å². The quantitative estimate of drug-likeness (QED) is 0.223. The van der Waals surface area contributed by atoms with Crippen LogP contribution in [0.2, 0.25) is 0 Å². The molecule has 0 spiro atoms. The van der Waals surface area contributed by atoms with Gasteiger partial charge in [0.25, 0.3) is 0 Å². The Hall–Kier alpha value is -4.18. The first-order chi connectivity index (χ1) is 19.3. The lowest BCUT2D eigenvalue weighted by atomic mass is 9.78. The fraction of sp³-hybridized carbons (Fsp3) is 0.297. The second-order valence-corrected chi connectivity index (χ2v) is 13.8. The van der Waals surface area contributed by atoms with E-state index in [2.05, 4.69) is 162 Å². The number of nitrogens with zero attached hydrogens (tertiary/aromatic N) is 4. The maximum Gasteiger partial charge on any atom is 0.137 e. The number of para-hydroxylation sites is 2. The number of benzene rings is 2. The number of rotatable bonds is 4. The van der Waals surface area contributed by atoms with Gasteiger partial charge in [0.2, 0.25) is 0 Å². The van der Waals surface area contributed by atoms with Gasteiger partial charge in [0.05, 0.1) is 22.4 Å². The molecule has 0 aliphatic rings. The van der Waals surface area contributed by atoms with Crippen LogP contribution in [0.4, 0.5) is 0 Å². The maximum atomic E-state index is 5.34. The van der Waals surface area contributed by atoms with E-state index in [0.717, 1.165) is 34.1 Å². The van der Waals surface area contributed by atoms with Crippen molar-refractivity contribution in [1.82, 2.24) is 19.1 Å². The van der Waals surface area contributed by atoms with Gasteiger partial charge in [-0.2, -0.15) is 0 Å².